The Kier molecular flexibility index (Phi) is 5.53. The average molecular weight is 375 g/mol. The molecule has 0 atom stereocenters. The predicted molar refractivity (Wildman–Crippen MR) is 104 cm³/mol. The maximum atomic E-state index is 12.4. The second kappa shape index (κ2) is 7.34. The summed E-state index contributed by atoms with van der Waals surface area (Å²) >= 11 is 0. The van der Waals surface area contributed by atoms with E-state index in [1.165, 1.54) is 12.2 Å². The lowest BCUT2D eigenvalue weighted by Gasteiger charge is -2.31. The second-order valence-corrected chi connectivity index (χ2v) is 7.65. The molecule has 0 spiro atoms. The summed E-state index contributed by atoms with van der Waals surface area (Å²) in [5.74, 6) is -0.472. The summed E-state index contributed by atoms with van der Waals surface area (Å²) in [5.41, 5.74) is -1.28. The van der Waals surface area contributed by atoms with E-state index < -0.39 is 22.5 Å². The van der Waals surface area contributed by atoms with E-state index in [0.717, 1.165) is 0 Å². The van der Waals surface area contributed by atoms with Crippen LogP contribution >= 0.6 is 0 Å². The van der Waals surface area contributed by atoms with E-state index in [2.05, 4.69) is 25.6 Å². The largest absolute Gasteiger partial charge is 0.463 e. The average Bonchev–Trinajstić information content (AvgIpc) is 2.51. The highest BCUT2D eigenvalue weighted by Gasteiger charge is 2.31. The minimum Gasteiger partial charge on any atom is -0.463 e. The van der Waals surface area contributed by atoms with Crippen LogP contribution in [0.4, 0.5) is 17.5 Å². The molecule has 9 heteroatoms. The zero-order chi connectivity index (χ0) is 20.4. The third-order valence-corrected chi connectivity index (χ3v) is 3.78. The number of aliphatic imine (C=N–C) groups is 1. The molecule has 1 amide bonds. The van der Waals surface area contributed by atoms with Gasteiger partial charge in [0.25, 0.3) is 5.56 Å². The van der Waals surface area contributed by atoms with Crippen LogP contribution in [0, 0.1) is 5.41 Å². The highest BCUT2D eigenvalue weighted by molar-refractivity contribution is 6.09. The highest BCUT2D eigenvalue weighted by Crippen LogP contribution is 2.30. The molecule has 0 saturated carbocycles. The topological polar surface area (TPSA) is 126 Å². The molecule has 0 aliphatic carbocycles. The second-order valence-electron chi connectivity index (χ2n) is 7.65. The van der Waals surface area contributed by atoms with E-state index in [4.69, 9.17) is 4.74 Å². The normalized spacial score (nSPS) is 15.6. The minimum atomic E-state index is -0.692. The monoisotopic (exact) mass is 375 g/mol. The Hall–Kier alpha value is -2.97. The Balaban J connectivity index is 2.38. The number of anilines is 2. The first-order valence-electron chi connectivity index (χ1n) is 8.62. The van der Waals surface area contributed by atoms with Crippen LogP contribution in [0.1, 0.15) is 41.5 Å². The van der Waals surface area contributed by atoms with Crippen LogP contribution in [0.2, 0.25) is 0 Å². The third-order valence-electron chi connectivity index (χ3n) is 3.78. The molecule has 2 heterocycles. The third kappa shape index (κ3) is 4.81. The van der Waals surface area contributed by atoms with Crippen LogP contribution < -0.4 is 16.2 Å². The van der Waals surface area contributed by atoms with Crippen molar-refractivity contribution in [2.45, 2.75) is 47.1 Å². The molecule has 0 radical (unpaired) electrons. The Bertz CT molecular complexity index is 875. The molecule has 0 saturated heterocycles. The van der Waals surface area contributed by atoms with Gasteiger partial charge in [-0.25, -0.2) is 9.79 Å². The van der Waals surface area contributed by atoms with Gasteiger partial charge in [0, 0.05) is 11.5 Å². The highest BCUT2D eigenvalue weighted by atomic mass is 16.5. The van der Waals surface area contributed by atoms with Gasteiger partial charge in [-0.3, -0.25) is 19.9 Å². The number of ether oxygens (including phenoxy) is 1. The molecule has 0 bridgehead atoms. The molecule has 1 aliphatic rings. The first-order valence-corrected chi connectivity index (χ1v) is 8.62. The standard InChI is InChI=1S/C18H25N5O4/c1-7-27-11(24)9-8-10-18(5,6)23-13-12(19-10)14(25)21-16(20-13)22-15(26)17(2,3)4/h8-9H,7H2,1-6H3,(H3,20,21,22,23,25,26)/b9-8+. The number of hydrogen-bond donors (Lipinski definition) is 3. The van der Waals surface area contributed by atoms with Crippen molar-refractivity contribution < 1.29 is 14.3 Å². The summed E-state index contributed by atoms with van der Waals surface area (Å²) in [6, 6.07) is 0. The van der Waals surface area contributed by atoms with Crippen LogP contribution in [0.15, 0.2) is 21.9 Å². The van der Waals surface area contributed by atoms with Crippen molar-refractivity contribution in [2.75, 3.05) is 17.2 Å². The number of fused-ring (bicyclic) bond motifs is 1. The van der Waals surface area contributed by atoms with Gasteiger partial charge in [-0.2, -0.15) is 4.98 Å². The van der Waals surface area contributed by atoms with Gasteiger partial charge < -0.3 is 10.1 Å². The van der Waals surface area contributed by atoms with Crippen LogP contribution in [0.5, 0.6) is 0 Å². The number of carbonyl (C=O) groups is 2. The molecule has 1 aromatic rings. The maximum Gasteiger partial charge on any atom is 0.330 e. The van der Waals surface area contributed by atoms with Gasteiger partial charge in [-0.15, -0.1) is 0 Å². The van der Waals surface area contributed by atoms with Crippen molar-refractivity contribution in [3.8, 4) is 0 Å². The molecular formula is C18H25N5O4. The lowest BCUT2D eigenvalue weighted by atomic mass is 9.95. The maximum absolute atomic E-state index is 12.4. The van der Waals surface area contributed by atoms with Crippen molar-refractivity contribution in [3.63, 3.8) is 0 Å². The van der Waals surface area contributed by atoms with E-state index in [1.54, 1.807) is 27.7 Å². The number of carbonyl (C=O) groups excluding carboxylic acids is 2. The molecule has 9 nitrogen and oxygen atoms in total. The number of aromatic nitrogens is 2. The molecule has 146 valence electrons. The SMILES string of the molecule is CCOC(=O)/C=C/C1=Nc2c(nc(NC(=O)C(C)(C)C)[nH]c2=O)NC1(C)C. The summed E-state index contributed by atoms with van der Waals surface area (Å²) < 4.78 is 4.85. The van der Waals surface area contributed by atoms with Crippen LogP contribution in [0.3, 0.4) is 0 Å². The van der Waals surface area contributed by atoms with E-state index in [9.17, 15) is 14.4 Å². The Morgan fingerprint density at radius 3 is 2.56 bits per heavy atom. The lowest BCUT2D eigenvalue weighted by Crippen LogP contribution is -2.42. The van der Waals surface area contributed by atoms with Gasteiger partial charge in [0.2, 0.25) is 11.9 Å². The van der Waals surface area contributed by atoms with E-state index in [1.807, 2.05) is 13.8 Å². The molecule has 2 rings (SSSR count). The molecule has 1 aliphatic heterocycles. The number of rotatable bonds is 4. The lowest BCUT2D eigenvalue weighted by molar-refractivity contribution is -0.137. The van der Waals surface area contributed by atoms with Crippen molar-refractivity contribution in [2.24, 2.45) is 10.4 Å². The summed E-state index contributed by atoms with van der Waals surface area (Å²) in [7, 11) is 0. The quantitative estimate of drug-likeness (QED) is 0.547. The van der Waals surface area contributed by atoms with Crippen LogP contribution in [-0.2, 0) is 14.3 Å². The van der Waals surface area contributed by atoms with Gasteiger partial charge >= 0.3 is 5.97 Å². The zero-order valence-corrected chi connectivity index (χ0v) is 16.4. The van der Waals surface area contributed by atoms with E-state index in [0.29, 0.717) is 5.71 Å². The first-order chi connectivity index (χ1) is 12.4. The predicted octanol–water partition coefficient (Wildman–Crippen LogP) is 2.15. The van der Waals surface area contributed by atoms with Gasteiger partial charge in [0.15, 0.2) is 11.5 Å². The van der Waals surface area contributed by atoms with E-state index in [-0.39, 0.29) is 30.0 Å². The molecule has 3 N–H and O–H groups in total. The number of aromatic amines is 1. The minimum absolute atomic E-state index is 0.0442. The van der Waals surface area contributed by atoms with Gasteiger partial charge in [-0.1, -0.05) is 20.8 Å². The first kappa shape index (κ1) is 20.3. The molecule has 0 aromatic carbocycles. The van der Waals surface area contributed by atoms with Gasteiger partial charge in [-0.05, 0) is 26.8 Å². The summed E-state index contributed by atoms with van der Waals surface area (Å²) in [6.07, 6.45) is 2.76. The Labute approximate surface area is 157 Å². The van der Waals surface area contributed by atoms with Crippen LogP contribution in [0.25, 0.3) is 0 Å². The molecule has 0 unspecified atom stereocenters. The number of esters is 1. The smallest absolute Gasteiger partial charge is 0.330 e. The van der Waals surface area contributed by atoms with Crippen LogP contribution in [-0.4, -0.2) is 39.7 Å². The van der Waals surface area contributed by atoms with Crippen molar-refractivity contribution in [1.82, 2.24) is 9.97 Å². The summed E-state index contributed by atoms with van der Waals surface area (Å²) in [6.45, 7) is 10.9. The van der Waals surface area contributed by atoms with Crippen molar-refractivity contribution in [3.05, 3.63) is 22.5 Å². The van der Waals surface area contributed by atoms with Crippen molar-refractivity contribution in [1.29, 1.82) is 0 Å². The fourth-order valence-corrected chi connectivity index (χ4v) is 2.22. The zero-order valence-electron chi connectivity index (χ0n) is 16.4. The fourth-order valence-electron chi connectivity index (χ4n) is 2.22. The van der Waals surface area contributed by atoms with E-state index >= 15 is 0 Å². The number of H-pyrrole nitrogens is 1. The molecule has 1 aromatic heterocycles. The molecule has 27 heavy (non-hydrogen) atoms. The number of nitrogens with one attached hydrogen (secondary N) is 3. The Morgan fingerprint density at radius 2 is 1.96 bits per heavy atom. The van der Waals surface area contributed by atoms with Crippen molar-refractivity contribution >= 4 is 35.0 Å². The Morgan fingerprint density at radius 1 is 1.30 bits per heavy atom. The number of amides is 1. The summed E-state index contributed by atoms with van der Waals surface area (Å²) in [5, 5.41) is 5.71. The van der Waals surface area contributed by atoms with Gasteiger partial charge in [0.1, 0.15) is 0 Å². The number of hydrogen-bond acceptors (Lipinski definition) is 7. The molecule has 0 fully saturated rings. The number of nitrogens with zero attached hydrogens (tertiary/aromatic N) is 2. The fraction of sp³-hybridized carbons (Fsp3) is 0.500. The summed E-state index contributed by atoms with van der Waals surface area (Å²) in [4.78, 5) is 47.2. The molecular weight excluding hydrogens is 350 g/mol. The van der Waals surface area contributed by atoms with Gasteiger partial charge in [0.05, 0.1) is 17.9 Å².